The number of hydrogen-bond acceptors (Lipinski definition) is 5. The van der Waals surface area contributed by atoms with Crippen molar-refractivity contribution < 1.29 is 18.7 Å². The smallest absolute Gasteiger partial charge is 0.316 e. The molecule has 0 aliphatic carbocycles. The van der Waals surface area contributed by atoms with E-state index in [1.807, 2.05) is 37.3 Å². The van der Waals surface area contributed by atoms with Crippen LogP contribution in [0.1, 0.15) is 5.69 Å². The number of amides is 1. The maximum atomic E-state index is 12.9. The molecular weight excluding hydrogens is 381 g/mol. The second-order valence-electron chi connectivity index (χ2n) is 5.87. The molecule has 1 N–H and O–H groups in total. The molecule has 3 aromatic rings. The lowest BCUT2D eigenvalue weighted by atomic mass is 10.3. The number of halogens is 1. The number of thioether (sulfide) groups is 1. The zero-order valence-electron chi connectivity index (χ0n) is 15.1. The van der Waals surface area contributed by atoms with Gasteiger partial charge in [-0.15, -0.1) is 11.8 Å². The number of carbonyl (C=O) groups is 2. The van der Waals surface area contributed by atoms with E-state index in [1.54, 1.807) is 22.9 Å². The summed E-state index contributed by atoms with van der Waals surface area (Å²) >= 11 is 1.21. The van der Waals surface area contributed by atoms with Gasteiger partial charge >= 0.3 is 5.97 Å². The standard InChI is InChI=1S/C20H18FN3O3S/c1-14-11-18(24(23-14)16-5-3-2-4-6-16)22-19(25)12-27-20(26)13-28-17-9-7-15(21)8-10-17/h2-11H,12-13H2,1H3,(H,22,25). The maximum absolute atomic E-state index is 12.9. The van der Waals surface area contributed by atoms with Gasteiger partial charge in [0.25, 0.3) is 5.91 Å². The van der Waals surface area contributed by atoms with Crippen molar-refractivity contribution in [3.05, 3.63) is 72.2 Å². The van der Waals surface area contributed by atoms with Gasteiger partial charge in [-0.2, -0.15) is 5.10 Å². The molecule has 8 heteroatoms. The van der Waals surface area contributed by atoms with Crippen LogP contribution in [0, 0.1) is 12.7 Å². The molecule has 2 aromatic carbocycles. The molecule has 0 saturated heterocycles. The van der Waals surface area contributed by atoms with Crippen LogP contribution in [0.25, 0.3) is 5.69 Å². The Morgan fingerprint density at radius 2 is 1.86 bits per heavy atom. The number of esters is 1. The number of hydrogen-bond donors (Lipinski definition) is 1. The van der Waals surface area contributed by atoms with Crippen molar-refractivity contribution in [3.63, 3.8) is 0 Å². The van der Waals surface area contributed by atoms with Crippen LogP contribution in [0.4, 0.5) is 10.2 Å². The molecule has 1 amide bonds. The monoisotopic (exact) mass is 399 g/mol. The lowest BCUT2D eigenvalue weighted by Gasteiger charge is -2.09. The summed E-state index contributed by atoms with van der Waals surface area (Å²) in [5, 5.41) is 7.06. The zero-order chi connectivity index (χ0) is 19.9. The van der Waals surface area contributed by atoms with Crippen molar-refractivity contribution in [2.75, 3.05) is 17.7 Å². The van der Waals surface area contributed by atoms with E-state index >= 15 is 0 Å². The van der Waals surface area contributed by atoms with E-state index < -0.39 is 18.5 Å². The van der Waals surface area contributed by atoms with E-state index in [0.717, 1.165) is 16.3 Å². The van der Waals surface area contributed by atoms with Crippen LogP contribution < -0.4 is 5.32 Å². The summed E-state index contributed by atoms with van der Waals surface area (Å²) < 4.78 is 19.5. The SMILES string of the molecule is Cc1cc(NC(=O)COC(=O)CSc2ccc(F)cc2)n(-c2ccccc2)n1. The Morgan fingerprint density at radius 1 is 1.14 bits per heavy atom. The molecule has 0 unspecified atom stereocenters. The molecule has 1 aromatic heterocycles. The lowest BCUT2D eigenvalue weighted by Crippen LogP contribution is -2.23. The van der Waals surface area contributed by atoms with Crippen LogP contribution in [0.2, 0.25) is 0 Å². The van der Waals surface area contributed by atoms with E-state index in [9.17, 15) is 14.0 Å². The molecule has 1 heterocycles. The summed E-state index contributed by atoms with van der Waals surface area (Å²) in [6.45, 7) is 1.42. The highest BCUT2D eigenvalue weighted by atomic mass is 32.2. The predicted octanol–water partition coefficient (Wildman–Crippen LogP) is 3.59. The molecule has 0 atom stereocenters. The molecule has 0 radical (unpaired) electrons. The van der Waals surface area contributed by atoms with Crippen LogP contribution in [0.15, 0.2) is 65.6 Å². The van der Waals surface area contributed by atoms with Crippen LogP contribution in [0.5, 0.6) is 0 Å². The maximum Gasteiger partial charge on any atom is 0.316 e. The van der Waals surface area contributed by atoms with Gasteiger partial charge < -0.3 is 10.1 Å². The third kappa shape index (κ3) is 5.43. The highest BCUT2D eigenvalue weighted by Gasteiger charge is 2.13. The number of benzene rings is 2. The predicted molar refractivity (Wildman–Crippen MR) is 105 cm³/mol. The molecule has 0 spiro atoms. The highest BCUT2D eigenvalue weighted by molar-refractivity contribution is 8.00. The van der Waals surface area contributed by atoms with Gasteiger partial charge in [-0.1, -0.05) is 18.2 Å². The van der Waals surface area contributed by atoms with Crippen LogP contribution >= 0.6 is 11.8 Å². The molecule has 0 aliphatic rings. The average Bonchev–Trinajstić information content (AvgIpc) is 3.06. The van der Waals surface area contributed by atoms with Gasteiger partial charge in [-0.25, -0.2) is 9.07 Å². The molecule has 0 fully saturated rings. The van der Waals surface area contributed by atoms with Gasteiger partial charge in [0.15, 0.2) is 6.61 Å². The third-order valence-corrected chi connectivity index (χ3v) is 4.62. The Labute approximate surface area is 165 Å². The van der Waals surface area contributed by atoms with Crippen molar-refractivity contribution in [1.29, 1.82) is 0 Å². The first-order valence-corrected chi connectivity index (χ1v) is 9.46. The minimum absolute atomic E-state index is 0.0277. The van der Waals surface area contributed by atoms with Gasteiger partial charge in [0, 0.05) is 11.0 Å². The molecule has 3 rings (SSSR count). The fourth-order valence-corrected chi connectivity index (χ4v) is 3.09. The fraction of sp³-hybridized carbons (Fsp3) is 0.150. The van der Waals surface area contributed by atoms with Crippen molar-refractivity contribution in [2.45, 2.75) is 11.8 Å². The quantitative estimate of drug-likeness (QED) is 0.486. The molecule has 144 valence electrons. The van der Waals surface area contributed by atoms with Crippen molar-refractivity contribution >= 4 is 29.5 Å². The first kappa shape index (κ1) is 19.6. The van der Waals surface area contributed by atoms with Gasteiger partial charge in [0.1, 0.15) is 11.6 Å². The molecule has 0 saturated carbocycles. The topological polar surface area (TPSA) is 73.2 Å². The van der Waals surface area contributed by atoms with E-state index in [-0.39, 0.29) is 11.6 Å². The molecular formula is C20H18FN3O3S. The van der Waals surface area contributed by atoms with Crippen molar-refractivity contribution in [3.8, 4) is 5.69 Å². The number of aryl methyl sites for hydroxylation is 1. The number of ether oxygens (including phenoxy) is 1. The number of carbonyl (C=O) groups excluding carboxylic acids is 2. The van der Waals surface area contributed by atoms with Crippen molar-refractivity contribution in [1.82, 2.24) is 9.78 Å². The normalized spacial score (nSPS) is 10.5. The zero-order valence-corrected chi connectivity index (χ0v) is 15.9. The Kier molecular flexibility index (Phi) is 6.44. The van der Waals surface area contributed by atoms with E-state index in [1.165, 1.54) is 23.9 Å². The first-order valence-electron chi connectivity index (χ1n) is 8.47. The Morgan fingerprint density at radius 3 is 2.57 bits per heavy atom. The van der Waals surface area contributed by atoms with Crippen molar-refractivity contribution in [2.24, 2.45) is 0 Å². The molecule has 0 aliphatic heterocycles. The lowest BCUT2D eigenvalue weighted by molar-refractivity contribution is -0.144. The fourth-order valence-electron chi connectivity index (χ4n) is 2.39. The summed E-state index contributed by atoms with van der Waals surface area (Å²) in [4.78, 5) is 24.7. The number of rotatable bonds is 7. The Bertz CT molecular complexity index is 959. The molecule has 0 bridgehead atoms. The second-order valence-corrected chi connectivity index (χ2v) is 6.92. The molecule has 28 heavy (non-hydrogen) atoms. The number of aromatic nitrogens is 2. The van der Waals surface area contributed by atoms with E-state index in [0.29, 0.717) is 5.82 Å². The largest absolute Gasteiger partial charge is 0.455 e. The van der Waals surface area contributed by atoms with Gasteiger partial charge in [0.05, 0.1) is 17.1 Å². The van der Waals surface area contributed by atoms with Gasteiger partial charge in [0.2, 0.25) is 0 Å². The van der Waals surface area contributed by atoms with Gasteiger partial charge in [-0.3, -0.25) is 9.59 Å². The average molecular weight is 399 g/mol. The third-order valence-electron chi connectivity index (χ3n) is 3.63. The number of nitrogens with one attached hydrogen (secondary N) is 1. The Hall–Kier alpha value is -3.13. The highest BCUT2D eigenvalue weighted by Crippen LogP contribution is 2.19. The van der Waals surface area contributed by atoms with Gasteiger partial charge in [-0.05, 0) is 43.3 Å². The van der Waals surface area contributed by atoms with Crippen LogP contribution in [0.3, 0.4) is 0 Å². The summed E-state index contributed by atoms with van der Waals surface area (Å²) in [5.41, 5.74) is 1.55. The Balaban J connectivity index is 1.51. The minimum atomic E-state index is -0.530. The summed E-state index contributed by atoms with van der Waals surface area (Å²) in [5.74, 6) is -0.812. The van der Waals surface area contributed by atoms with Crippen LogP contribution in [-0.4, -0.2) is 34.0 Å². The number of nitrogens with zero attached hydrogens (tertiary/aromatic N) is 2. The summed E-state index contributed by atoms with van der Waals surface area (Å²) in [7, 11) is 0. The van der Waals surface area contributed by atoms with Crippen LogP contribution in [-0.2, 0) is 14.3 Å². The number of para-hydroxylation sites is 1. The van der Waals surface area contributed by atoms with E-state index in [2.05, 4.69) is 10.4 Å². The molecule has 6 nitrogen and oxygen atoms in total. The minimum Gasteiger partial charge on any atom is -0.455 e. The number of anilines is 1. The second kappa shape index (κ2) is 9.18. The summed E-state index contributed by atoms with van der Waals surface area (Å²) in [6, 6.07) is 16.9. The first-order chi connectivity index (χ1) is 13.5. The summed E-state index contributed by atoms with van der Waals surface area (Å²) in [6.07, 6.45) is 0. The van der Waals surface area contributed by atoms with E-state index in [4.69, 9.17) is 4.74 Å².